The lowest BCUT2D eigenvalue weighted by Crippen LogP contribution is -2.11. The third kappa shape index (κ3) is 3.87. The third-order valence-corrected chi connectivity index (χ3v) is 4.37. The van der Waals surface area contributed by atoms with Crippen molar-refractivity contribution in [3.05, 3.63) is 64.8 Å². The summed E-state index contributed by atoms with van der Waals surface area (Å²) in [6, 6.07) is 6.52. The zero-order chi connectivity index (χ0) is 19.1. The zero-order valence-corrected chi connectivity index (χ0v) is 13.4. The number of aromatic nitrogens is 1. The highest BCUT2D eigenvalue weighted by Crippen LogP contribution is 2.39. The molecule has 0 aliphatic carbocycles. The van der Waals surface area contributed by atoms with Gasteiger partial charge in [0.05, 0.1) is 16.8 Å². The molecule has 0 fully saturated rings. The van der Waals surface area contributed by atoms with E-state index in [2.05, 4.69) is 4.98 Å². The van der Waals surface area contributed by atoms with Crippen molar-refractivity contribution >= 4 is 11.3 Å². The highest BCUT2D eigenvalue weighted by Gasteiger charge is 2.37. The van der Waals surface area contributed by atoms with Gasteiger partial charge >= 0.3 is 12.4 Å². The predicted molar refractivity (Wildman–Crippen MR) is 82.9 cm³/mol. The Balaban J connectivity index is 2.07. The number of hydrogen-bond donors (Lipinski definition) is 0. The van der Waals surface area contributed by atoms with E-state index in [1.807, 2.05) is 0 Å². The van der Waals surface area contributed by atoms with Gasteiger partial charge in [-0.05, 0) is 42.5 Å². The van der Waals surface area contributed by atoms with Gasteiger partial charge in [-0.2, -0.15) is 26.3 Å². The molecule has 1 nitrogen and oxygen atoms in total. The molecule has 0 N–H and O–H groups in total. The summed E-state index contributed by atoms with van der Waals surface area (Å²) >= 11 is 0.901. The number of benzene rings is 2. The van der Waals surface area contributed by atoms with Crippen molar-refractivity contribution in [3.63, 3.8) is 0 Å². The highest BCUT2D eigenvalue weighted by molar-refractivity contribution is 7.13. The van der Waals surface area contributed by atoms with E-state index in [-0.39, 0.29) is 16.6 Å². The number of hydrogen-bond acceptors (Lipinski definition) is 2. The molecule has 26 heavy (non-hydrogen) atoms. The first-order valence-electron chi connectivity index (χ1n) is 7.05. The molecule has 9 heteroatoms. The van der Waals surface area contributed by atoms with Crippen LogP contribution in [0, 0.1) is 5.82 Å². The Hall–Kier alpha value is -2.42. The van der Waals surface area contributed by atoms with E-state index < -0.39 is 29.3 Å². The molecule has 0 spiro atoms. The number of halogens is 7. The quantitative estimate of drug-likeness (QED) is 0.446. The Kier molecular flexibility index (Phi) is 4.51. The minimum Gasteiger partial charge on any atom is -0.236 e. The van der Waals surface area contributed by atoms with Gasteiger partial charge in [-0.1, -0.05) is 0 Å². The number of thiazole rings is 1. The van der Waals surface area contributed by atoms with E-state index in [1.165, 1.54) is 29.6 Å². The second-order valence-corrected chi connectivity index (χ2v) is 6.20. The van der Waals surface area contributed by atoms with Crippen molar-refractivity contribution < 1.29 is 30.7 Å². The summed E-state index contributed by atoms with van der Waals surface area (Å²) in [5.41, 5.74) is -2.26. The molecule has 0 aliphatic rings. The Morgan fingerprint density at radius 1 is 0.731 bits per heavy atom. The summed E-state index contributed by atoms with van der Waals surface area (Å²) in [7, 11) is 0. The molecule has 1 aromatic heterocycles. The minimum atomic E-state index is -4.92. The van der Waals surface area contributed by atoms with Crippen molar-refractivity contribution in [2.75, 3.05) is 0 Å². The fourth-order valence-corrected chi connectivity index (χ4v) is 3.05. The van der Waals surface area contributed by atoms with Gasteiger partial charge in [0, 0.05) is 16.5 Å². The summed E-state index contributed by atoms with van der Waals surface area (Å²) in [4.78, 5) is 4.09. The van der Waals surface area contributed by atoms with Crippen molar-refractivity contribution in [1.29, 1.82) is 0 Å². The first-order chi connectivity index (χ1) is 12.0. The average molecular weight is 391 g/mol. The second kappa shape index (κ2) is 6.39. The average Bonchev–Trinajstić information content (AvgIpc) is 3.03. The van der Waals surface area contributed by atoms with E-state index in [9.17, 15) is 30.7 Å². The largest absolute Gasteiger partial charge is 0.416 e. The van der Waals surface area contributed by atoms with Crippen molar-refractivity contribution in [3.8, 4) is 21.8 Å². The molecule has 0 amide bonds. The zero-order valence-electron chi connectivity index (χ0n) is 12.6. The molecule has 0 radical (unpaired) electrons. The predicted octanol–water partition coefficient (Wildman–Crippen LogP) is 6.65. The van der Waals surface area contributed by atoms with Crippen LogP contribution in [0.5, 0.6) is 0 Å². The summed E-state index contributed by atoms with van der Waals surface area (Å²) < 4.78 is 90.6. The molecular weight excluding hydrogens is 383 g/mol. The maximum atomic E-state index is 13.0. The maximum Gasteiger partial charge on any atom is 0.416 e. The van der Waals surface area contributed by atoms with Gasteiger partial charge in [0.25, 0.3) is 0 Å². The molecule has 1 heterocycles. The first kappa shape index (κ1) is 18.4. The minimum absolute atomic E-state index is 0.000856. The molecule has 0 bridgehead atoms. The highest BCUT2D eigenvalue weighted by atomic mass is 32.1. The lowest BCUT2D eigenvalue weighted by molar-refractivity contribution is -0.143. The van der Waals surface area contributed by atoms with Gasteiger partial charge in [-0.3, -0.25) is 0 Å². The topological polar surface area (TPSA) is 12.9 Å². The van der Waals surface area contributed by atoms with Gasteiger partial charge in [-0.15, -0.1) is 11.3 Å². The monoisotopic (exact) mass is 391 g/mol. The summed E-state index contributed by atoms with van der Waals surface area (Å²) in [5, 5.41) is 1.48. The van der Waals surface area contributed by atoms with Crippen LogP contribution >= 0.6 is 11.3 Å². The van der Waals surface area contributed by atoms with Crippen LogP contribution in [0.3, 0.4) is 0 Å². The fraction of sp³-hybridized carbons (Fsp3) is 0.118. The Labute approximate surface area is 146 Å². The molecule has 0 aliphatic heterocycles. The van der Waals surface area contributed by atoms with Crippen LogP contribution in [-0.2, 0) is 12.4 Å². The molecule has 3 aromatic rings. The molecule has 0 unspecified atom stereocenters. The number of nitrogens with zero attached hydrogens (tertiary/aromatic N) is 1. The van der Waals surface area contributed by atoms with Crippen molar-refractivity contribution in [1.82, 2.24) is 4.98 Å². The van der Waals surface area contributed by atoms with E-state index in [0.29, 0.717) is 23.4 Å². The van der Waals surface area contributed by atoms with E-state index in [1.54, 1.807) is 0 Å². The number of alkyl halides is 6. The normalized spacial score (nSPS) is 12.4. The molecule has 0 saturated heterocycles. The van der Waals surface area contributed by atoms with Crippen LogP contribution in [0.2, 0.25) is 0 Å². The second-order valence-electron chi connectivity index (χ2n) is 5.34. The molecule has 136 valence electrons. The van der Waals surface area contributed by atoms with Gasteiger partial charge in [-0.25, -0.2) is 9.37 Å². The van der Waals surface area contributed by atoms with Gasteiger partial charge < -0.3 is 0 Å². The van der Waals surface area contributed by atoms with Crippen LogP contribution in [0.25, 0.3) is 21.8 Å². The van der Waals surface area contributed by atoms with Crippen molar-refractivity contribution in [2.24, 2.45) is 0 Å². The lowest BCUT2D eigenvalue weighted by atomic mass is 10.0. The SMILES string of the molecule is Fc1ccc(-c2csc(-c3cc(C(F)(F)F)cc(C(F)(F)F)c3)n2)cc1. The lowest BCUT2D eigenvalue weighted by Gasteiger charge is -2.13. The van der Waals surface area contributed by atoms with Crippen LogP contribution in [-0.4, -0.2) is 4.98 Å². The van der Waals surface area contributed by atoms with E-state index in [0.717, 1.165) is 11.3 Å². The standard InChI is InChI=1S/C17H8F7NS/c18-13-3-1-9(2-4-13)14-8-26-15(25-14)10-5-11(16(19,20)21)7-12(6-10)17(22,23)24/h1-8H. The van der Waals surface area contributed by atoms with Gasteiger partial charge in [0.2, 0.25) is 0 Å². The van der Waals surface area contributed by atoms with Crippen LogP contribution < -0.4 is 0 Å². The van der Waals surface area contributed by atoms with E-state index >= 15 is 0 Å². The van der Waals surface area contributed by atoms with Crippen LogP contribution in [0.15, 0.2) is 47.8 Å². The molecule has 0 saturated carbocycles. The third-order valence-electron chi connectivity index (χ3n) is 3.48. The summed E-state index contributed by atoms with van der Waals surface area (Å²) in [6.07, 6.45) is -9.85. The van der Waals surface area contributed by atoms with Crippen molar-refractivity contribution in [2.45, 2.75) is 12.4 Å². The van der Waals surface area contributed by atoms with Crippen LogP contribution in [0.4, 0.5) is 30.7 Å². The van der Waals surface area contributed by atoms with Gasteiger partial charge in [0.15, 0.2) is 0 Å². The molecule has 3 rings (SSSR count). The Morgan fingerprint density at radius 2 is 1.27 bits per heavy atom. The maximum absolute atomic E-state index is 13.0. The van der Waals surface area contributed by atoms with E-state index in [4.69, 9.17) is 0 Å². The smallest absolute Gasteiger partial charge is 0.236 e. The first-order valence-corrected chi connectivity index (χ1v) is 7.93. The number of rotatable bonds is 2. The fourth-order valence-electron chi connectivity index (χ4n) is 2.24. The summed E-state index contributed by atoms with van der Waals surface area (Å²) in [6.45, 7) is 0. The molecule has 2 aromatic carbocycles. The van der Waals surface area contributed by atoms with Crippen LogP contribution in [0.1, 0.15) is 11.1 Å². The van der Waals surface area contributed by atoms with Gasteiger partial charge in [0.1, 0.15) is 10.8 Å². The molecular formula is C17H8F7NS. The summed E-state index contributed by atoms with van der Waals surface area (Å²) in [5.74, 6) is -0.475. The Bertz CT molecular complexity index is 891. The molecule has 0 atom stereocenters. The Morgan fingerprint density at radius 3 is 1.77 bits per heavy atom.